The van der Waals surface area contributed by atoms with Gasteiger partial charge in [-0.1, -0.05) is 29.3 Å². The van der Waals surface area contributed by atoms with E-state index in [2.05, 4.69) is 10.3 Å². The minimum atomic E-state index is -1.02. The lowest BCUT2D eigenvalue weighted by atomic mass is 10.2. The molecule has 3 aromatic rings. The summed E-state index contributed by atoms with van der Waals surface area (Å²) in [7, 11) is 0. The fourth-order valence-corrected chi connectivity index (χ4v) is 3.37. The van der Waals surface area contributed by atoms with Crippen LogP contribution < -0.4 is 5.32 Å². The summed E-state index contributed by atoms with van der Waals surface area (Å²) in [5.41, 5.74) is 2.27. The maximum absolute atomic E-state index is 12.7. The molecule has 1 amide bonds. The molecule has 1 N–H and O–H groups in total. The number of aryl methyl sites for hydroxylation is 1. The lowest BCUT2D eigenvalue weighted by Gasteiger charge is -2.14. The number of aromatic nitrogens is 2. The Morgan fingerprint density at radius 1 is 1.14 bits per heavy atom. The Morgan fingerprint density at radius 2 is 1.90 bits per heavy atom. The average molecular weight is 432 g/mol. The maximum atomic E-state index is 12.7. The predicted octanol–water partition coefficient (Wildman–Crippen LogP) is 4.98. The number of esters is 1. The first-order valence-corrected chi connectivity index (χ1v) is 9.60. The van der Waals surface area contributed by atoms with Crippen molar-refractivity contribution in [3.8, 4) is 5.82 Å². The molecule has 0 fully saturated rings. The molecule has 6 nitrogen and oxygen atoms in total. The Hall–Kier alpha value is -2.83. The number of hydrogen-bond acceptors (Lipinski definition) is 4. The first-order chi connectivity index (χ1) is 13.8. The van der Waals surface area contributed by atoms with Crippen molar-refractivity contribution in [3.05, 3.63) is 75.7 Å². The molecule has 0 spiro atoms. The number of nitrogens with zero attached hydrogens (tertiary/aromatic N) is 2. The maximum Gasteiger partial charge on any atom is 0.340 e. The highest BCUT2D eigenvalue weighted by Gasteiger charge is 2.23. The lowest BCUT2D eigenvalue weighted by molar-refractivity contribution is -0.123. The van der Waals surface area contributed by atoms with Gasteiger partial charge in [0.05, 0.1) is 16.3 Å². The van der Waals surface area contributed by atoms with Crippen LogP contribution in [0.5, 0.6) is 0 Å². The van der Waals surface area contributed by atoms with E-state index in [1.807, 2.05) is 29.7 Å². The minimum absolute atomic E-state index is 0.295. The van der Waals surface area contributed by atoms with Crippen molar-refractivity contribution in [2.24, 2.45) is 0 Å². The van der Waals surface area contributed by atoms with Gasteiger partial charge in [0, 0.05) is 22.6 Å². The monoisotopic (exact) mass is 431 g/mol. The third kappa shape index (κ3) is 4.60. The van der Waals surface area contributed by atoms with Crippen LogP contribution in [0.3, 0.4) is 0 Å². The van der Waals surface area contributed by atoms with Crippen molar-refractivity contribution in [2.75, 3.05) is 5.32 Å². The molecule has 0 unspecified atom stereocenters. The molecule has 8 heteroatoms. The average Bonchev–Trinajstić information content (AvgIpc) is 2.98. The van der Waals surface area contributed by atoms with E-state index in [-0.39, 0.29) is 0 Å². The standard InChI is InChI=1S/C21H19Cl2N3O3/c1-12-10-16(13(2)26(12)19-6-4-5-9-24-19)21(28)29-14(3)20(27)25-18-8-7-15(22)11-17(18)23/h4-11,14H,1-3H3,(H,25,27)/t14-/m1/s1. The fourth-order valence-electron chi connectivity index (χ4n) is 2.91. The molecule has 0 saturated heterocycles. The summed E-state index contributed by atoms with van der Waals surface area (Å²) in [5.74, 6) is -0.393. The number of pyridine rings is 1. The van der Waals surface area contributed by atoms with Gasteiger partial charge in [0.2, 0.25) is 0 Å². The highest BCUT2D eigenvalue weighted by atomic mass is 35.5. The molecule has 0 bridgehead atoms. The number of carbonyl (C=O) groups is 2. The van der Waals surface area contributed by atoms with E-state index in [4.69, 9.17) is 27.9 Å². The molecule has 0 radical (unpaired) electrons. The third-order valence-electron chi connectivity index (χ3n) is 4.37. The van der Waals surface area contributed by atoms with Gasteiger partial charge in [0.25, 0.3) is 5.91 Å². The molecule has 29 heavy (non-hydrogen) atoms. The molecule has 0 aliphatic heterocycles. The lowest BCUT2D eigenvalue weighted by Crippen LogP contribution is -2.30. The zero-order chi connectivity index (χ0) is 21.1. The van der Waals surface area contributed by atoms with E-state index in [0.717, 1.165) is 5.69 Å². The zero-order valence-electron chi connectivity index (χ0n) is 16.1. The summed E-state index contributed by atoms with van der Waals surface area (Å²) in [5, 5.41) is 3.38. The highest BCUT2D eigenvalue weighted by molar-refractivity contribution is 6.36. The zero-order valence-corrected chi connectivity index (χ0v) is 17.6. The van der Waals surface area contributed by atoms with Crippen molar-refractivity contribution in [2.45, 2.75) is 26.9 Å². The number of ether oxygens (including phenoxy) is 1. The Bertz CT molecular complexity index is 1060. The van der Waals surface area contributed by atoms with Gasteiger partial charge in [-0.3, -0.25) is 4.79 Å². The van der Waals surface area contributed by atoms with Gasteiger partial charge in [-0.25, -0.2) is 9.78 Å². The van der Waals surface area contributed by atoms with Crippen molar-refractivity contribution in [1.82, 2.24) is 9.55 Å². The number of anilines is 1. The number of amides is 1. The minimum Gasteiger partial charge on any atom is -0.449 e. The van der Waals surface area contributed by atoms with E-state index in [1.165, 1.54) is 13.0 Å². The van der Waals surface area contributed by atoms with Crippen molar-refractivity contribution >= 4 is 40.8 Å². The third-order valence-corrected chi connectivity index (χ3v) is 4.92. The summed E-state index contributed by atoms with van der Waals surface area (Å²) in [6.07, 6.45) is 0.660. The number of carbonyl (C=O) groups excluding carboxylic acids is 2. The van der Waals surface area contributed by atoms with E-state index >= 15 is 0 Å². The molecular formula is C21H19Cl2N3O3. The van der Waals surface area contributed by atoms with Gasteiger partial charge < -0.3 is 14.6 Å². The Morgan fingerprint density at radius 3 is 2.55 bits per heavy atom. The van der Waals surface area contributed by atoms with Gasteiger partial charge in [-0.05, 0) is 57.2 Å². The van der Waals surface area contributed by atoms with Crippen LogP contribution >= 0.6 is 23.2 Å². The second-order valence-electron chi connectivity index (χ2n) is 6.47. The summed E-state index contributed by atoms with van der Waals surface area (Å²) in [6.45, 7) is 5.17. The van der Waals surface area contributed by atoms with Crippen molar-refractivity contribution in [3.63, 3.8) is 0 Å². The highest BCUT2D eigenvalue weighted by Crippen LogP contribution is 2.26. The first-order valence-electron chi connectivity index (χ1n) is 8.85. The topological polar surface area (TPSA) is 73.2 Å². The van der Waals surface area contributed by atoms with Crippen LogP contribution in [0.1, 0.15) is 28.7 Å². The second kappa shape index (κ2) is 8.68. The first kappa shape index (κ1) is 20.9. The van der Waals surface area contributed by atoms with E-state index in [0.29, 0.717) is 32.8 Å². The van der Waals surface area contributed by atoms with Gasteiger partial charge in [0.1, 0.15) is 5.82 Å². The molecule has 0 aliphatic carbocycles. The van der Waals surface area contributed by atoms with E-state index < -0.39 is 18.0 Å². The van der Waals surface area contributed by atoms with Crippen LogP contribution in [0.2, 0.25) is 10.0 Å². The molecule has 1 aromatic carbocycles. The molecule has 3 rings (SSSR count). The second-order valence-corrected chi connectivity index (χ2v) is 7.31. The van der Waals surface area contributed by atoms with Crippen molar-refractivity contribution in [1.29, 1.82) is 0 Å². The van der Waals surface area contributed by atoms with Gasteiger partial charge in [0.15, 0.2) is 6.10 Å². The SMILES string of the molecule is Cc1cc(C(=O)O[C@H](C)C(=O)Nc2ccc(Cl)cc2Cl)c(C)n1-c1ccccn1. The molecule has 0 aliphatic rings. The number of rotatable bonds is 5. The molecule has 2 heterocycles. The molecular weight excluding hydrogens is 413 g/mol. The van der Waals surface area contributed by atoms with Gasteiger partial charge in [-0.15, -0.1) is 0 Å². The van der Waals surface area contributed by atoms with Gasteiger partial charge >= 0.3 is 5.97 Å². The van der Waals surface area contributed by atoms with E-state index in [1.54, 1.807) is 31.3 Å². The largest absolute Gasteiger partial charge is 0.449 e. The Balaban J connectivity index is 1.74. The van der Waals surface area contributed by atoms with Gasteiger partial charge in [-0.2, -0.15) is 0 Å². The predicted molar refractivity (Wildman–Crippen MR) is 113 cm³/mol. The summed E-state index contributed by atoms with van der Waals surface area (Å²) in [4.78, 5) is 29.4. The van der Waals surface area contributed by atoms with Crippen molar-refractivity contribution < 1.29 is 14.3 Å². The summed E-state index contributed by atoms with van der Waals surface area (Å²) in [6, 6.07) is 12.0. The van der Waals surface area contributed by atoms with Crippen LogP contribution in [-0.2, 0) is 9.53 Å². The quantitative estimate of drug-likeness (QED) is 0.578. The van der Waals surface area contributed by atoms with Crippen LogP contribution in [-0.4, -0.2) is 27.5 Å². The fraction of sp³-hybridized carbons (Fsp3) is 0.190. The molecule has 1 atom stereocenters. The molecule has 0 saturated carbocycles. The van der Waals surface area contributed by atoms with Crippen LogP contribution in [0.15, 0.2) is 48.7 Å². The normalized spacial score (nSPS) is 11.8. The van der Waals surface area contributed by atoms with Crippen LogP contribution in [0.4, 0.5) is 5.69 Å². The summed E-state index contributed by atoms with van der Waals surface area (Å²) < 4.78 is 7.22. The smallest absolute Gasteiger partial charge is 0.340 e. The summed E-state index contributed by atoms with van der Waals surface area (Å²) >= 11 is 11.9. The Kier molecular flexibility index (Phi) is 6.25. The van der Waals surface area contributed by atoms with Crippen LogP contribution in [0.25, 0.3) is 5.82 Å². The molecule has 2 aromatic heterocycles. The van der Waals surface area contributed by atoms with E-state index in [9.17, 15) is 9.59 Å². The number of halogens is 2. The molecule has 150 valence electrons. The number of nitrogens with one attached hydrogen (secondary N) is 1. The number of hydrogen-bond donors (Lipinski definition) is 1. The Labute approximate surface area is 178 Å². The van der Waals surface area contributed by atoms with Crippen LogP contribution in [0, 0.1) is 13.8 Å². The number of benzene rings is 1.